The number of pyridine rings is 1. The molecule has 0 radical (unpaired) electrons. The van der Waals surface area contributed by atoms with Gasteiger partial charge in [0, 0.05) is 42.9 Å². The third-order valence-electron chi connectivity index (χ3n) is 7.50. The summed E-state index contributed by atoms with van der Waals surface area (Å²) in [4.78, 5) is 19.7. The zero-order valence-corrected chi connectivity index (χ0v) is 17.2. The lowest BCUT2D eigenvalue weighted by molar-refractivity contribution is -0.148. The number of piperidine rings is 1. The minimum absolute atomic E-state index is 0.134. The van der Waals surface area contributed by atoms with Crippen LogP contribution >= 0.6 is 0 Å². The van der Waals surface area contributed by atoms with E-state index in [1.54, 1.807) is 13.3 Å². The molecule has 2 unspecified atom stereocenters. The van der Waals surface area contributed by atoms with Gasteiger partial charge in [0.25, 0.3) is 0 Å². The highest BCUT2D eigenvalue weighted by atomic mass is 16.5. The minimum Gasteiger partial charge on any atom is -0.388 e. The number of hydrogen-bond acceptors (Lipinski definition) is 4. The number of aliphatic hydroxyl groups is 1. The molecule has 156 valence electrons. The summed E-state index contributed by atoms with van der Waals surface area (Å²) in [5, 5.41) is 12.6. The molecule has 0 aromatic carbocycles. The van der Waals surface area contributed by atoms with Gasteiger partial charge in [0.05, 0.1) is 30.0 Å². The molecule has 6 heteroatoms. The first-order valence-electron chi connectivity index (χ1n) is 11.0. The number of carbonyl (C=O) groups excluding carboxylic acids is 1. The third kappa shape index (κ3) is 3.46. The van der Waals surface area contributed by atoms with Gasteiger partial charge in [-0.1, -0.05) is 0 Å². The van der Waals surface area contributed by atoms with Crippen molar-refractivity contribution in [3.8, 4) is 0 Å². The van der Waals surface area contributed by atoms with Crippen LogP contribution in [0.1, 0.15) is 51.4 Å². The first kappa shape index (κ1) is 19.1. The quantitative estimate of drug-likeness (QED) is 0.861. The topological polar surface area (TPSA) is 67.6 Å². The van der Waals surface area contributed by atoms with Gasteiger partial charge in [-0.15, -0.1) is 0 Å². The maximum atomic E-state index is 13.3. The molecular formula is C23H31N3O3. The van der Waals surface area contributed by atoms with E-state index in [1.165, 1.54) is 0 Å². The van der Waals surface area contributed by atoms with Crippen molar-refractivity contribution in [2.45, 2.75) is 81.7 Å². The van der Waals surface area contributed by atoms with Gasteiger partial charge in [0.1, 0.15) is 0 Å². The van der Waals surface area contributed by atoms with E-state index in [0.717, 1.165) is 49.4 Å². The molecule has 1 aliphatic carbocycles. The number of amides is 1. The van der Waals surface area contributed by atoms with Gasteiger partial charge in [0.15, 0.2) is 0 Å². The van der Waals surface area contributed by atoms with Crippen molar-refractivity contribution in [1.82, 2.24) is 14.5 Å². The van der Waals surface area contributed by atoms with Crippen molar-refractivity contribution in [1.29, 1.82) is 0 Å². The molecule has 1 N–H and O–H groups in total. The molecule has 2 aliphatic heterocycles. The van der Waals surface area contributed by atoms with Gasteiger partial charge in [-0.05, 0) is 63.5 Å². The van der Waals surface area contributed by atoms with E-state index in [0.29, 0.717) is 31.4 Å². The molecule has 2 atom stereocenters. The molecule has 3 aliphatic rings. The highest BCUT2D eigenvalue weighted by Crippen LogP contribution is 2.43. The van der Waals surface area contributed by atoms with Crippen LogP contribution in [0.5, 0.6) is 0 Å². The number of aromatic nitrogens is 2. The third-order valence-corrected chi connectivity index (χ3v) is 7.50. The molecule has 6 nitrogen and oxygen atoms in total. The van der Waals surface area contributed by atoms with Crippen LogP contribution in [0.25, 0.3) is 10.9 Å². The fraction of sp³-hybridized carbons (Fsp3) is 0.652. The molecule has 1 amide bonds. The van der Waals surface area contributed by atoms with Gasteiger partial charge < -0.3 is 19.3 Å². The second kappa shape index (κ2) is 7.40. The van der Waals surface area contributed by atoms with Crippen LogP contribution < -0.4 is 0 Å². The molecule has 4 heterocycles. The smallest absolute Gasteiger partial charge is 0.226 e. The Hall–Kier alpha value is -1.92. The molecule has 2 saturated heterocycles. The summed E-state index contributed by atoms with van der Waals surface area (Å²) < 4.78 is 7.58. The number of rotatable bonds is 4. The zero-order chi connectivity index (χ0) is 20.0. The molecule has 2 bridgehead atoms. The monoisotopic (exact) mass is 397 g/mol. The summed E-state index contributed by atoms with van der Waals surface area (Å²) in [6.07, 6.45) is 13.2. The molecule has 29 heavy (non-hydrogen) atoms. The predicted octanol–water partition coefficient (Wildman–Crippen LogP) is 3.13. The number of fused-ring (bicyclic) bond motifs is 3. The Bertz CT molecular complexity index is 872. The van der Waals surface area contributed by atoms with E-state index in [2.05, 4.69) is 20.5 Å². The molecule has 0 spiro atoms. The predicted molar refractivity (Wildman–Crippen MR) is 110 cm³/mol. The van der Waals surface area contributed by atoms with Crippen molar-refractivity contribution < 1.29 is 14.6 Å². The summed E-state index contributed by atoms with van der Waals surface area (Å²) in [6.45, 7) is 0.566. The Kier molecular flexibility index (Phi) is 4.87. The van der Waals surface area contributed by atoms with Crippen molar-refractivity contribution in [3.63, 3.8) is 0 Å². The maximum absolute atomic E-state index is 13.3. The summed E-state index contributed by atoms with van der Waals surface area (Å²) in [6, 6.07) is 4.42. The zero-order valence-electron chi connectivity index (χ0n) is 17.2. The van der Waals surface area contributed by atoms with Crippen molar-refractivity contribution in [2.75, 3.05) is 7.11 Å². The van der Waals surface area contributed by atoms with Crippen LogP contribution in [0.2, 0.25) is 0 Å². The van der Waals surface area contributed by atoms with E-state index in [9.17, 15) is 9.90 Å². The van der Waals surface area contributed by atoms with Crippen molar-refractivity contribution in [3.05, 3.63) is 30.7 Å². The van der Waals surface area contributed by atoms with Crippen molar-refractivity contribution >= 4 is 16.8 Å². The summed E-state index contributed by atoms with van der Waals surface area (Å²) in [5.74, 6) is 0.458. The SMILES string of the molecule is COC1CCC(C(=O)N2C3CCC2CC(O)(Cn2ccc4ccncc42)C3)CC1. The average molecular weight is 398 g/mol. The van der Waals surface area contributed by atoms with Crippen LogP contribution in [0.4, 0.5) is 0 Å². The molecule has 3 fully saturated rings. The molecule has 5 rings (SSSR count). The highest BCUT2D eigenvalue weighted by Gasteiger charge is 2.50. The number of carbonyl (C=O) groups is 1. The van der Waals surface area contributed by atoms with Crippen LogP contribution in [0.15, 0.2) is 30.7 Å². The standard InChI is InChI=1S/C23H31N3O3/c1-29-20-6-2-17(3-7-20)22(27)26-18-4-5-19(26)13-23(28,12-18)15-25-11-9-16-8-10-24-14-21(16)25/h8-11,14,17-20,28H,2-7,12-13,15H2,1H3. The second-order valence-corrected chi connectivity index (χ2v) is 9.35. The normalized spacial score (nSPS) is 34.6. The van der Waals surface area contributed by atoms with E-state index in [1.807, 2.05) is 18.5 Å². The summed E-state index contributed by atoms with van der Waals surface area (Å²) in [5.41, 5.74) is 0.291. The Morgan fingerprint density at radius 3 is 2.59 bits per heavy atom. The number of nitrogens with zero attached hydrogens (tertiary/aromatic N) is 3. The number of ether oxygens (including phenoxy) is 1. The Balaban J connectivity index is 1.29. The molecule has 2 aromatic rings. The van der Waals surface area contributed by atoms with Gasteiger partial charge in [-0.3, -0.25) is 9.78 Å². The Labute approximate surface area is 171 Å². The van der Waals surface area contributed by atoms with E-state index >= 15 is 0 Å². The first-order valence-corrected chi connectivity index (χ1v) is 11.0. The van der Waals surface area contributed by atoms with Gasteiger partial charge in [0.2, 0.25) is 5.91 Å². The molecular weight excluding hydrogens is 366 g/mol. The van der Waals surface area contributed by atoms with Crippen LogP contribution in [-0.2, 0) is 16.1 Å². The average Bonchev–Trinajstić information content (AvgIpc) is 3.26. The fourth-order valence-corrected chi connectivity index (χ4v) is 6.05. The van der Waals surface area contributed by atoms with Crippen LogP contribution in [0.3, 0.4) is 0 Å². The lowest BCUT2D eigenvalue weighted by atomic mass is 9.82. The van der Waals surface area contributed by atoms with E-state index < -0.39 is 5.60 Å². The summed E-state index contributed by atoms with van der Waals surface area (Å²) in [7, 11) is 1.77. The van der Waals surface area contributed by atoms with E-state index in [4.69, 9.17) is 4.74 Å². The lowest BCUT2D eigenvalue weighted by Gasteiger charge is -2.45. The fourth-order valence-electron chi connectivity index (χ4n) is 6.05. The molecule has 1 saturated carbocycles. The Morgan fingerprint density at radius 2 is 1.90 bits per heavy atom. The first-order chi connectivity index (χ1) is 14.1. The molecule has 2 aromatic heterocycles. The minimum atomic E-state index is -0.766. The van der Waals surface area contributed by atoms with Crippen molar-refractivity contribution in [2.24, 2.45) is 5.92 Å². The van der Waals surface area contributed by atoms with Gasteiger partial charge in [-0.2, -0.15) is 0 Å². The largest absolute Gasteiger partial charge is 0.388 e. The number of methoxy groups -OCH3 is 1. The van der Waals surface area contributed by atoms with Gasteiger partial charge in [-0.25, -0.2) is 0 Å². The number of hydrogen-bond donors (Lipinski definition) is 1. The second-order valence-electron chi connectivity index (χ2n) is 9.35. The lowest BCUT2D eigenvalue weighted by Crippen LogP contribution is -2.56. The van der Waals surface area contributed by atoms with E-state index in [-0.39, 0.29) is 18.0 Å². The van der Waals surface area contributed by atoms with Crippen LogP contribution in [0, 0.1) is 5.92 Å². The Morgan fingerprint density at radius 1 is 1.17 bits per heavy atom. The summed E-state index contributed by atoms with van der Waals surface area (Å²) >= 11 is 0. The maximum Gasteiger partial charge on any atom is 0.226 e. The van der Waals surface area contributed by atoms with Crippen LogP contribution in [-0.4, -0.2) is 56.4 Å². The van der Waals surface area contributed by atoms with Gasteiger partial charge >= 0.3 is 0 Å². The highest BCUT2D eigenvalue weighted by molar-refractivity contribution is 5.80.